The molecule has 76 valence electrons. The van der Waals surface area contributed by atoms with Crippen LogP contribution in [-0.4, -0.2) is 21.9 Å². The van der Waals surface area contributed by atoms with Gasteiger partial charge in [0.15, 0.2) is 0 Å². The molecule has 0 aromatic carbocycles. The van der Waals surface area contributed by atoms with Crippen LogP contribution in [-0.2, 0) is 4.79 Å². The van der Waals surface area contributed by atoms with Crippen molar-refractivity contribution in [2.24, 2.45) is 5.73 Å². The van der Waals surface area contributed by atoms with Crippen LogP contribution in [0.25, 0.3) is 0 Å². The summed E-state index contributed by atoms with van der Waals surface area (Å²) in [5.74, 6) is 0.391. The highest BCUT2D eigenvalue weighted by molar-refractivity contribution is 5.74. The summed E-state index contributed by atoms with van der Waals surface area (Å²) in [4.78, 5) is 18.6. The molecule has 1 aromatic heterocycles. The predicted molar refractivity (Wildman–Crippen MR) is 53.7 cm³/mol. The number of aryl methyl sites for hydroxylation is 1. The van der Waals surface area contributed by atoms with Crippen molar-refractivity contribution in [3.8, 4) is 0 Å². The maximum absolute atomic E-state index is 10.6. The first-order valence-corrected chi connectivity index (χ1v) is 4.41. The van der Waals surface area contributed by atoms with Crippen LogP contribution in [0.5, 0.6) is 0 Å². The monoisotopic (exact) mass is 194 g/mol. The van der Waals surface area contributed by atoms with Gasteiger partial charge in [-0.2, -0.15) is 0 Å². The van der Waals surface area contributed by atoms with E-state index in [9.17, 15) is 4.79 Å². The van der Waals surface area contributed by atoms with Gasteiger partial charge in [-0.3, -0.25) is 4.79 Å². The minimum Gasteiger partial charge on any atom is -0.370 e. The molecule has 1 atom stereocenters. The van der Waals surface area contributed by atoms with Crippen molar-refractivity contribution in [1.29, 1.82) is 0 Å². The molecule has 1 heterocycles. The molecular weight excluding hydrogens is 180 g/mol. The van der Waals surface area contributed by atoms with Gasteiger partial charge in [-0.1, -0.05) is 0 Å². The fourth-order valence-corrected chi connectivity index (χ4v) is 1.14. The second-order valence-corrected chi connectivity index (χ2v) is 3.26. The molecule has 0 spiro atoms. The summed E-state index contributed by atoms with van der Waals surface area (Å²) in [6, 6.07) is 1.80. The van der Waals surface area contributed by atoms with Gasteiger partial charge < -0.3 is 11.1 Å². The maximum atomic E-state index is 10.6. The van der Waals surface area contributed by atoms with Gasteiger partial charge in [0, 0.05) is 24.2 Å². The van der Waals surface area contributed by atoms with Crippen LogP contribution in [0.2, 0.25) is 0 Å². The molecule has 0 radical (unpaired) electrons. The summed E-state index contributed by atoms with van der Waals surface area (Å²) >= 11 is 0. The lowest BCUT2D eigenvalue weighted by molar-refractivity contribution is -0.118. The molecule has 0 saturated carbocycles. The summed E-state index contributed by atoms with van der Waals surface area (Å²) in [6.45, 7) is 3.76. The first kappa shape index (κ1) is 10.4. The largest absolute Gasteiger partial charge is 0.370 e. The number of amides is 1. The van der Waals surface area contributed by atoms with E-state index in [2.05, 4.69) is 15.3 Å². The first-order chi connectivity index (χ1) is 6.58. The van der Waals surface area contributed by atoms with Crippen LogP contribution >= 0.6 is 0 Å². The van der Waals surface area contributed by atoms with E-state index in [1.165, 1.54) is 6.33 Å². The Morgan fingerprint density at radius 1 is 1.64 bits per heavy atom. The van der Waals surface area contributed by atoms with E-state index >= 15 is 0 Å². The zero-order chi connectivity index (χ0) is 10.6. The number of nitrogens with two attached hydrogens (primary N) is 1. The Morgan fingerprint density at radius 2 is 2.36 bits per heavy atom. The first-order valence-electron chi connectivity index (χ1n) is 4.41. The van der Waals surface area contributed by atoms with Gasteiger partial charge in [0.05, 0.1) is 0 Å². The van der Waals surface area contributed by atoms with Gasteiger partial charge >= 0.3 is 0 Å². The molecule has 0 saturated heterocycles. The van der Waals surface area contributed by atoms with Gasteiger partial charge in [-0.05, 0) is 13.8 Å². The Bertz CT molecular complexity index is 326. The van der Waals surface area contributed by atoms with Crippen molar-refractivity contribution < 1.29 is 4.79 Å². The number of anilines is 1. The predicted octanol–water partition coefficient (Wildman–Crippen LogP) is 0.461. The van der Waals surface area contributed by atoms with E-state index in [4.69, 9.17) is 5.73 Å². The third-order valence-electron chi connectivity index (χ3n) is 1.71. The minimum atomic E-state index is -0.323. The van der Waals surface area contributed by atoms with Gasteiger partial charge in [0.25, 0.3) is 0 Å². The summed E-state index contributed by atoms with van der Waals surface area (Å²) in [6.07, 6.45) is 1.78. The standard InChI is InChI=1S/C9H14N4O/c1-6-4-9(12-5-11-6)13-7(2)3-8(10)14/h4-5,7H,3H2,1-2H3,(H2,10,14)(H,11,12,13). The van der Waals surface area contributed by atoms with Gasteiger partial charge in [0.2, 0.25) is 5.91 Å². The van der Waals surface area contributed by atoms with Crippen molar-refractivity contribution >= 4 is 11.7 Å². The number of aromatic nitrogens is 2. The number of primary amides is 1. The van der Waals surface area contributed by atoms with Crippen LogP contribution in [0.1, 0.15) is 19.0 Å². The number of carbonyl (C=O) groups excluding carboxylic acids is 1. The van der Waals surface area contributed by atoms with Gasteiger partial charge in [0.1, 0.15) is 12.1 Å². The highest BCUT2D eigenvalue weighted by atomic mass is 16.1. The Kier molecular flexibility index (Phi) is 3.39. The summed E-state index contributed by atoms with van der Waals surface area (Å²) in [7, 11) is 0. The number of rotatable bonds is 4. The van der Waals surface area contributed by atoms with Crippen molar-refractivity contribution in [3.05, 3.63) is 18.1 Å². The molecule has 1 unspecified atom stereocenters. The normalized spacial score (nSPS) is 12.1. The van der Waals surface area contributed by atoms with Crippen LogP contribution in [0.15, 0.2) is 12.4 Å². The Labute approximate surface area is 82.7 Å². The topological polar surface area (TPSA) is 80.9 Å². The maximum Gasteiger partial charge on any atom is 0.219 e. The zero-order valence-electron chi connectivity index (χ0n) is 8.32. The van der Waals surface area contributed by atoms with Crippen LogP contribution in [0, 0.1) is 6.92 Å². The molecule has 1 rings (SSSR count). The van der Waals surface area contributed by atoms with E-state index in [1.807, 2.05) is 19.9 Å². The van der Waals surface area contributed by atoms with Crippen molar-refractivity contribution in [1.82, 2.24) is 9.97 Å². The minimum absolute atomic E-state index is 0.0122. The van der Waals surface area contributed by atoms with Gasteiger partial charge in [-0.25, -0.2) is 9.97 Å². The van der Waals surface area contributed by atoms with Crippen molar-refractivity contribution in [2.75, 3.05) is 5.32 Å². The van der Waals surface area contributed by atoms with Gasteiger partial charge in [-0.15, -0.1) is 0 Å². The molecule has 5 heteroatoms. The molecule has 14 heavy (non-hydrogen) atoms. The van der Waals surface area contributed by atoms with E-state index < -0.39 is 0 Å². The number of hydrogen-bond donors (Lipinski definition) is 2. The molecule has 0 aliphatic rings. The summed E-state index contributed by atoms with van der Waals surface area (Å²) < 4.78 is 0. The zero-order valence-corrected chi connectivity index (χ0v) is 8.32. The van der Waals surface area contributed by atoms with E-state index in [0.29, 0.717) is 12.2 Å². The summed E-state index contributed by atoms with van der Waals surface area (Å²) in [5.41, 5.74) is 5.95. The Morgan fingerprint density at radius 3 is 2.93 bits per heavy atom. The lowest BCUT2D eigenvalue weighted by Gasteiger charge is -2.12. The Balaban J connectivity index is 2.55. The second kappa shape index (κ2) is 4.55. The fourth-order valence-electron chi connectivity index (χ4n) is 1.14. The van der Waals surface area contributed by atoms with E-state index in [1.54, 1.807) is 0 Å². The average molecular weight is 194 g/mol. The number of nitrogens with one attached hydrogen (secondary N) is 1. The smallest absolute Gasteiger partial charge is 0.219 e. The molecule has 1 aromatic rings. The average Bonchev–Trinajstić information content (AvgIpc) is 2.01. The highest BCUT2D eigenvalue weighted by Gasteiger charge is 2.06. The van der Waals surface area contributed by atoms with E-state index in [-0.39, 0.29) is 11.9 Å². The molecular formula is C9H14N4O. The molecule has 0 fully saturated rings. The Hall–Kier alpha value is -1.65. The third-order valence-corrected chi connectivity index (χ3v) is 1.71. The number of hydrogen-bond acceptors (Lipinski definition) is 4. The second-order valence-electron chi connectivity index (χ2n) is 3.26. The highest BCUT2D eigenvalue weighted by Crippen LogP contribution is 2.05. The number of nitrogens with zero attached hydrogens (tertiary/aromatic N) is 2. The van der Waals surface area contributed by atoms with E-state index in [0.717, 1.165) is 5.69 Å². The van der Waals surface area contributed by atoms with Crippen LogP contribution < -0.4 is 11.1 Å². The summed E-state index contributed by atoms with van der Waals surface area (Å²) in [5, 5.41) is 3.06. The van der Waals surface area contributed by atoms with Crippen molar-refractivity contribution in [3.63, 3.8) is 0 Å². The molecule has 1 amide bonds. The molecule has 0 aliphatic heterocycles. The lowest BCUT2D eigenvalue weighted by atomic mass is 10.2. The SMILES string of the molecule is Cc1cc(NC(C)CC(N)=O)ncn1. The number of carbonyl (C=O) groups is 1. The van der Waals surface area contributed by atoms with Crippen LogP contribution in [0.4, 0.5) is 5.82 Å². The molecule has 5 nitrogen and oxygen atoms in total. The quantitative estimate of drug-likeness (QED) is 0.729. The molecule has 0 aliphatic carbocycles. The molecule has 3 N–H and O–H groups in total. The third kappa shape index (κ3) is 3.38. The lowest BCUT2D eigenvalue weighted by Crippen LogP contribution is -2.24. The van der Waals surface area contributed by atoms with Crippen molar-refractivity contribution in [2.45, 2.75) is 26.3 Å². The fraction of sp³-hybridized carbons (Fsp3) is 0.444. The molecule has 0 bridgehead atoms. The van der Waals surface area contributed by atoms with Crippen LogP contribution in [0.3, 0.4) is 0 Å².